The molecule has 0 aliphatic heterocycles. The molecule has 1 aromatic heterocycles. The van der Waals surface area contributed by atoms with Crippen LogP contribution in [0.25, 0.3) is 10.2 Å². The van der Waals surface area contributed by atoms with Crippen LogP contribution < -0.4 is 0 Å². The highest BCUT2D eigenvalue weighted by molar-refractivity contribution is 7.16. The molecule has 0 saturated heterocycles. The Labute approximate surface area is 77.8 Å². The molecule has 0 radical (unpaired) electrons. The molecule has 0 aliphatic carbocycles. The van der Waals surface area contributed by atoms with Gasteiger partial charge in [-0.25, -0.2) is 0 Å². The standard InChI is InChI=1S/C8H9NS.C2H6/c1-6-4-3-5-7-8(6)9(2)10-7;1-2/h3-5H,1-2H3;1-2H3. The maximum absolute atomic E-state index is 2.20. The number of nitrogens with zero attached hydrogens (tertiary/aromatic N) is 1. The van der Waals surface area contributed by atoms with E-state index in [1.807, 2.05) is 13.8 Å². The molecule has 1 heterocycles. The van der Waals surface area contributed by atoms with E-state index in [-0.39, 0.29) is 0 Å². The number of aromatic nitrogens is 1. The number of fused-ring (bicyclic) bond motifs is 1. The van der Waals surface area contributed by atoms with Gasteiger partial charge in [0.05, 0.1) is 10.2 Å². The van der Waals surface area contributed by atoms with Gasteiger partial charge in [0.25, 0.3) is 0 Å². The molecule has 2 heteroatoms. The predicted molar refractivity (Wildman–Crippen MR) is 56.9 cm³/mol. The smallest absolute Gasteiger partial charge is 0.0721 e. The Hall–Kier alpha value is -0.760. The first-order chi connectivity index (χ1) is 5.79. The number of hydrogen-bond donors (Lipinski definition) is 0. The van der Waals surface area contributed by atoms with Crippen LogP contribution in [0.4, 0.5) is 0 Å². The molecule has 1 aromatic carbocycles. The van der Waals surface area contributed by atoms with E-state index in [1.54, 1.807) is 11.5 Å². The minimum atomic E-state index is 1.37. The van der Waals surface area contributed by atoms with Crippen LogP contribution in [-0.2, 0) is 7.05 Å². The molecule has 2 aromatic rings. The molecule has 0 aliphatic rings. The second kappa shape index (κ2) is 3.76. The summed E-state index contributed by atoms with van der Waals surface area (Å²) < 4.78 is 3.60. The highest BCUT2D eigenvalue weighted by Crippen LogP contribution is 2.26. The molecule has 0 bridgehead atoms. The van der Waals surface area contributed by atoms with Gasteiger partial charge in [-0.05, 0) is 18.6 Å². The summed E-state index contributed by atoms with van der Waals surface area (Å²) in [4.78, 5) is 0. The number of rotatable bonds is 0. The van der Waals surface area contributed by atoms with Gasteiger partial charge in [-0.3, -0.25) is 3.96 Å². The zero-order chi connectivity index (χ0) is 9.14. The summed E-state index contributed by atoms with van der Waals surface area (Å²) in [6, 6.07) is 6.41. The second-order valence-corrected chi connectivity index (χ2v) is 3.68. The topological polar surface area (TPSA) is 4.93 Å². The lowest BCUT2D eigenvalue weighted by molar-refractivity contribution is 1.06. The molecule has 0 fully saturated rings. The van der Waals surface area contributed by atoms with Crippen molar-refractivity contribution in [1.29, 1.82) is 0 Å². The third kappa shape index (κ3) is 1.39. The van der Waals surface area contributed by atoms with Crippen LogP contribution in [0.3, 0.4) is 0 Å². The monoisotopic (exact) mass is 181 g/mol. The minimum Gasteiger partial charge on any atom is -0.299 e. The first-order valence-corrected chi connectivity index (χ1v) is 5.07. The summed E-state index contributed by atoms with van der Waals surface area (Å²) in [5, 5.41) is 0. The summed E-state index contributed by atoms with van der Waals surface area (Å²) >= 11 is 1.80. The fourth-order valence-corrected chi connectivity index (χ4v) is 2.28. The molecular formula is C10H15NS. The molecule has 0 atom stereocenters. The average molecular weight is 181 g/mol. The van der Waals surface area contributed by atoms with E-state index in [0.29, 0.717) is 0 Å². The lowest BCUT2D eigenvalue weighted by atomic mass is 10.2. The Bertz CT molecular complexity index is 357. The van der Waals surface area contributed by atoms with Crippen molar-refractivity contribution in [2.24, 2.45) is 7.05 Å². The SMILES string of the molecule is CC.Cc1cccc2sn(C)c12. The largest absolute Gasteiger partial charge is 0.299 e. The van der Waals surface area contributed by atoms with Crippen LogP contribution in [0.15, 0.2) is 18.2 Å². The molecule has 2 rings (SSSR count). The molecule has 66 valence electrons. The Balaban J connectivity index is 0.000000336. The van der Waals surface area contributed by atoms with E-state index in [2.05, 4.69) is 36.1 Å². The van der Waals surface area contributed by atoms with Gasteiger partial charge in [0.2, 0.25) is 0 Å². The predicted octanol–water partition coefficient (Wildman–Crippen LogP) is 3.57. The van der Waals surface area contributed by atoms with E-state index >= 15 is 0 Å². The Morgan fingerprint density at radius 2 is 1.92 bits per heavy atom. The molecule has 0 unspecified atom stereocenters. The van der Waals surface area contributed by atoms with Crippen molar-refractivity contribution in [2.75, 3.05) is 0 Å². The maximum Gasteiger partial charge on any atom is 0.0721 e. The van der Waals surface area contributed by atoms with Gasteiger partial charge < -0.3 is 0 Å². The first kappa shape index (κ1) is 9.33. The summed E-state index contributed by atoms with van der Waals surface area (Å²) in [5.41, 5.74) is 2.77. The van der Waals surface area contributed by atoms with Crippen LogP contribution in [0.2, 0.25) is 0 Å². The van der Waals surface area contributed by atoms with E-state index in [4.69, 9.17) is 0 Å². The maximum atomic E-state index is 2.20. The van der Waals surface area contributed by atoms with Crippen LogP contribution >= 0.6 is 11.5 Å². The van der Waals surface area contributed by atoms with Crippen molar-refractivity contribution in [3.63, 3.8) is 0 Å². The number of benzene rings is 1. The van der Waals surface area contributed by atoms with Gasteiger partial charge in [-0.15, -0.1) is 0 Å². The van der Waals surface area contributed by atoms with Crippen molar-refractivity contribution in [1.82, 2.24) is 3.96 Å². The molecular weight excluding hydrogens is 166 g/mol. The summed E-state index contributed by atoms with van der Waals surface area (Å²) in [7, 11) is 2.10. The van der Waals surface area contributed by atoms with Crippen molar-refractivity contribution in [3.05, 3.63) is 23.8 Å². The van der Waals surface area contributed by atoms with E-state index in [9.17, 15) is 0 Å². The van der Waals surface area contributed by atoms with Crippen LogP contribution in [-0.4, -0.2) is 3.96 Å². The highest BCUT2D eigenvalue weighted by atomic mass is 32.1. The molecule has 12 heavy (non-hydrogen) atoms. The quantitative estimate of drug-likeness (QED) is 0.585. The normalized spacial score (nSPS) is 9.67. The zero-order valence-electron chi connectivity index (χ0n) is 8.09. The van der Waals surface area contributed by atoms with Gasteiger partial charge in [0.1, 0.15) is 0 Å². The first-order valence-electron chi connectivity index (χ1n) is 4.30. The third-order valence-electron chi connectivity index (χ3n) is 1.75. The van der Waals surface area contributed by atoms with Crippen LogP contribution in [0.5, 0.6) is 0 Å². The van der Waals surface area contributed by atoms with E-state index < -0.39 is 0 Å². The van der Waals surface area contributed by atoms with Crippen LogP contribution in [0, 0.1) is 6.92 Å². The third-order valence-corrected chi connectivity index (χ3v) is 2.73. The van der Waals surface area contributed by atoms with Crippen molar-refractivity contribution in [3.8, 4) is 0 Å². The number of aryl methyl sites for hydroxylation is 2. The second-order valence-electron chi connectivity index (χ2n) is 2.51. The number of hydrogen-bond acceptors (Lipinski definition) is 1. The van der Waals surface area contributed by atoms with Gasteiger partial charge in [0.15, 0.2) is 0 Å². The van der Waals surface area contributed by atoms with E-state index in [1.165, 1.54) is 15.8 Å². The van der Waals surface area contributed by atoms with Crippen molar-refractivity contribution in [2.45, 2.75) is 20.8 Å². The Morgan fingerprint density at radius 1 is 1.25 bits per heavy atom. The molecule has 0 saturated carbocycles. The van der Waals surface area contributed by atoms with Crippen molar-refractivity contribution < 1.29 is 0 Å². The lowest BCUT2D eigenvalue weighted by Crippen LogP contribution is -1.94. The van der Waals surface area contributed by atoms with Gasteiger partial charge in [-0.1, -0.05) is 37.5 Å². The number of para-hydroxylation sites is 1. The Kier molecular flexibility index (Phi) is 2.93. The summed E-state index contributed by atoms with van der Waals surface area (Å²) in [5.74, 6) is 0. The molecule has 0 spiro atoms. The lowest BCUT2D eigenvalue weighted by Gasteiger charge is -2.10. The van der Waals surface area contributed by atoms with Gasteiger partial charge in [-0.2, -0.15) is 0 Å². The molecule has 0 amide bonds. The average Bonchev–Trinajstić information content (AvgIpc) is 2.06. The van der Waals surface area contributed by atoms with Crippen molar-refractivity contribution >= 4 is 21.7 Å². The van der Waals surface area contributed by atoms with Crippen LogP contribution in [0.1, 0.15) is 19.4 Å². The zero-order valence-corrected chi connectivity index (χ0v) is 8.90. The van der Waals surface area contributed by atoms with E-state index in [0.717, 1.165) is 0 Å². The fraction of sp³-hybridized carbons (Fsp3) is 0.400. The Morgan fingerprint density at radius 3 is 2.33 bits per heavy atom. The molecule has 1 nitrogen and oxygen atoms in total. The summed E-state index contributed by atoms with van der Waals surface area (Å²) in [6.07, 6.45) is 0. The minimum absolute atomic E-state index is 1.37. The molecule has 0 N–H and O–H groups in total. The van der Waals surface area contributed by atoms with Gasteiger partial charge in [0, 0.05) is 7.05 Å². The highest BCUT2D eigenvalue weighted by Gasteiger charge is 2.03. The van der Waals surface area contributed by atoms with Gasteiger partial charge >= 0.3 is 0 Å². The summed E-state index contributed by atoms with van der Waals surface area (Å²) in [6.45, 7) is 6.15. The fourth-order valence-electron chi connectivity index (χ4n) is 1.26.